The van der Waals surface area contributed by atoms with Gasteiger partial charge in [-0.15, -0.1) is 0 Å². The molecule has 3 aromatic carbocycles. The number of hydrogen-bond donors (Lipinski definition) is 2. The quantitative estimate of drug-likeness (QED) is 0.275. The van der Waals surface area contributed by atoms with Crippen molar-refractivity contribution in [3.05, 3.63) is 99.3 Å². The lowest BCUT2D eigenvalue weighted by Crippen LogP contribution is -2.53. The second-order valence-corrected chi connectivity index (χ2v) is 13.0. The Bertz CT molecular complexity index is 1870. The van der Waals surface area contributed by atoms with Crippen LogP contribution in [0.25, 0.3) is 0 Å². The van der Waals surface area contributed by atoms with Gasteiger partial charge in [0.15, 0.2) is 11.6 Å². The third-order valence-corrected chi connectivity index (χ3v) is 10.7. The zero-order valence-electron chi connectivity index (χ0n) is 24.7. The molecule has 1 saturated carbocycles. The monoisotopic (exact) mass is 663 g/mol. The Kier molecular flexibility index (Phi) is 7.13. The maximum Gasteiger partial charge on any atom is 0.260 e. The van der Waals surface area contributed by atoms with E-state index in [0.717, 1.165) is 16.0 Å². The number of halogens is 3. The normalized spacial score (nSPS) is 28.5. The topological polar surface area (TPSA) is 116 Å². The minimum atomic E-state index is -1.62. The minimum absolute atomic E-state index is 0.0834. The number of hydrazine groups is 1. The number of anilines is 1. The fourth-order valence-electron chi connectivity index (χ4n) is 8.08. The van der Waals surface area contributed by atoms with Gasteiger partial charge in [-0.2, -0.15) is 5.01 Å². The molecule has 2 aliphatic carbocycles. The fourth-order valence-corrected chi connectivity index (χ4v) is 8.53. The van der Waals surface area contributed by atoms with Gasteiger partial charge in [-0.05, 0) is 72.4 Å². The van der Waals surface area contributed by atoms with Gasteiger partial charge in [-0.3, -0.25) is 29.5 Å². The highest BCUT2D eigenvalue weighted by Gasteiger charge is 2.70. The predicted molar refractivity (Wildman–Crippen MR) is 166 cm³/mol. The molecule has 236 valence electrons. The summed E-state index contributed by atoms with van der Waals surface area (Å²) in [6.07, 6.45) is 2.20. The average molecular weight is 665 g/mol. The number of phenolic OH excluding ortho intramolecular Hbond substituents is 1. The Hall–Kier alpha value is -4.41. The number of allylic oxidation sites excluding steroid dienone is 2. The van der Waals surface area contributed by atoms with Gasteiger partial charge in [-0.1, -0.05) is 53.1 Å². The average Bonchev–Trinajstić information content (AvgIpc) is 3.40. The van der Waals surface area contributed by atoms with Crippen LogP contribution in [0.15, 0.2) is 72.3 Å². The van der Waals surface area contributed by atoms with E-state index in [-0.39, 0.29) is 35.4 Å². The van der Waals surface area contributed by atoms with Gasteiger partial charge >= 0.3 is 0 Å². The van der Waals surface area contributed by atoms with Crippen LogP contribution < -0.4 is 10.2 Å². The number of benzene rings is 3. The lowest BCUT2D eigenvalue weighted by Gasteiger charge is -2.50. The number of rotatable bonds is 5. The van der Waals surface area contributed by atoms with Crippen molar-refractivity contribution in [1.82, 2.24) is 9.91 Å². The Labute approximate surface area is 273 Å². The molecule has 2 N–H and O–H groups in total. The number of nitrogens with zero attached hydrogens (tertiary/aromatic N) is 2. The number of fused-ring (bicyclic) bond motifs is 4. The summed E-state index contributed by atoms with van der Waals surface area (Å²) >= 11 is 12.5. The molecule has 6 atom stereocenters. The van der Waals surface area contributed by atoms with Crippen LogP contribution in [0.3, 0.4) is 0 Å². The van der Waals surface area contributed by atoms with Crippen molar-refractivity contribution in [2.45, 2.75) is 24.2 Å². The predicted octanol–water partition coefficient (Wildman–Crippen LogP) is 5.46. The molecule has 3 aromatic rings. The number of methoxy groups -OCH3 is 1. The van der Waals surface area contributed by atoms with Crippen molar-refractivity contribution in [2.75, 3.05) is 19.6 Å². The van der Waals surface area contributed by atoms with Crippen molar-refractivity contribution < 1.29 is 33.4 Å². The minimum Gasteiger partial charge on any atom is -0.505 e. The third kappa shape index (κ3) is 4.19. The molecule has 4 aliphatic rings. The van der Waals surface area contributed by atoms with Crippen LogP contribution in [0.4, 0.5) is 10.1 Å². The lowest BCUT2D eigenvalue weighted by molar-refractivity contribution is -0.140. The number of imide groups is 2. The zero-order valence-corrected chi connectivity index (χ0v) is 26.2. The number of nitrogens with one attached hydrogen (secondary N) is 1. The molecule has 0 radical (unpaired) electrons. The first-order valence-corrected chi connectivity index (χ1v) is 15.5. The number of aromatic hydroxyl groups is 1. The Balaban J connectivity index is 1.48. The SMILES string of the molecule is COc1ccc([C@@]23C(=O)N(Nc4ccc(Cl)cc4Cl)C(=O)[C@@H]2C[C@@H]2C(=CC[C@@H]4C(=O)N(C)C(=O)[C@@H]42)[C@@H]3c2ccc(O)c(F)c2)cc1. The Morgan fingerprint density at radius 3 is 2.37 bits per heavy atom. The molecular weight excluding hydrogens is 636 g/mol. The van der Waals surface area contributed by atoms with Crippen molar-refractivity contribution in [1.29, 1.82) is 0 Å². The van der Waals surface area contributed by atoms with Crippen molar-refractivity contribution >= 4 is 52.5 Å². The Morgan fingerprint density at radius 1 is 0.957 bits per heavy atom. The summed E-state index contributed by atoms with van der Waals surface area (Å²) in [4.78, 5) is 57.4. The van der Waals surface area contributed by atoms with Gasteiger partial charge < -0.3 is 9.84 Å². The second kappa shape index (κ2) is 10.8. The summed E-state index contributed by atoms with van der Waals surface area (Å²) in [5.41, 5.74) is 3.04. The summed E-state index contributed by atoms with van der Waals surface area (Å²) in [5, 5.41) is 11.6. The van der Waals surface area contributed by atoms with Crippen molar-refractivity contribution in [3.63, 3.8) is 0 Å². The van der Waals surface area contributed by atoms with Crippen LogP contribution in [-0.2, 0) is 24.6 Å². The highest BCUT2D eigenvalue weighted by molar-refractivity contribution is 6.36. The van der Waals surface area contributed by atoms with E-state index >= 15 is 9.18 Å². The van der Waals surface area contributed by atoms with Gasteiger partial charge in [0.05, 0.1) is 41.0 Å². The van der Waals surface area contributed by atoms with E-state index in [2.05, 4.69) is 5.43 Å². The van der Waals surface area contributed by atoms with Crippen LogP contribution in [-0.4, -0.2) is 52.8 Å². The lowest BCUT2D eigenvalue weighted by atomic mass is 9.49. The number of phenols is 1. The van der Waals surface area contributed by atoms with Crippen LogP contribution in [0, 0.1) is 29.5 Å². The van der Waals surface area contributed by atoms with Gasteiger partial charge in [-0.25, -0.2) is 4.39 Å². The van der Waals surface area contributed by atoms with E-state index in [4.69, 9.17) is 27.9 Å². The molecule has 12 heteroatoms. The maximum absolute atomic E-state index is 15.1. The molecule has 46 heavy (non-hydrogen) atoms. The zero-order chi connectivity index (χ0) is 32.7. The molecule has 9 nitrogen and oxygen atoms in total. The third-order valence-electron chi connectivity index (χ3n) is 10.1. The van der Waals surface area contributed by atoms with E-state index in [0.29, 0.717) is 27.5 Å². The molecule has 7 rings (SSSR count). The molecule has 2 heterocycles. The van der Waals surface area contributed by atoms with E-state index in [1.807, 2.05) is 6.08 Å². The molecule has 2 saturated heterocycles. The maximum atomic E-state index is 15.1. The van der Waals surface area contributed by atoms with E-state index in [1.54, 1.807) is 36.4 Å². The van der Waals surface area contributed by atoms with E-state index < -0.39 is 58.4 Å². The summed E-state index contributed by atoms with van der Waals surface area (Å²) in [6, 6.07) is 15.3. The molecule has 0 spiro atoms. The molecule has 0 aromatic heterocycles. The highest BCUT2D eigenvalue weighted by Crippen LogP contribution is 2.64. The van der Waals surface area contributed by atoms with Crippen LogP contribution in [0.1, 0.15) is 29.9 Å². The highest BCUT2D eigenvalue weighted by atomic mass is 35.5. The smallest absolute Gasteiger partial charge is 0.260 e. The first-order valence-electron chi connectivity index (χ1n) is 14.7. The number of carbonyl (C=O) groups is 4. The standard InChI is InChI=1S/C34H28Cl2FN3O6/c1-39-30(42)21-10-9-20-22(28(21)32(39)44)15-23-31(43)40(38-26-11-6-18(35)14-24(26)36)33(45)34(23,17-4-7-19(46-2)8-5-17)29(20)16-3-12-27(41)25(37)13-16/h3-9,11-14,21-23,28-29,38,41H,10,15H2,1-2H3/t21-,22+,23-,28-,29-,34+/m0/s1. The van der Waals surface area contributed by atoms with Gasteiger partial charge in [0.1, 0.15) is 5.75 Å². The van der Waals surface area contributed by atoms with Gasteiger partial charge in [0.2, 0.25) is 11.8 Å². The molecule has 4 amide bonds. The molecular formula is C34H28Cl2FN3O6. The van der Waals surface area contributed by atoms with Crippen LogP contribution >= 0.6 is 23.2 Å². The molecule has 2 aliphatic heterocycles. The van der Waals surface area contributed by atoms with Crippen LogP contribution in [0.2, 0.25) is 10.0 Å². The first-order chi connectivity index (χ1) is 22.0. The largest absolute Gasteiger partial charge is 0.505 e. The van der Waals surface area contributed by atoms with Crippen molar-refractivity contribution in [3.8, 4) is 11.5 Å². The second-order valence-electron chi connectivity index (χ2n) is 12.2. The van der Waals surface area contributed by atoms with Gasteiger partial charge in [0.25, 0.3) is 11.8 Å². The Morgan fingerprint density at radius 2 is 1.70 bits per heavy atom. The number of likely N-dealkylation sites (tertiary alicyclic amines) is 1. The summed E-state index contributed by atoms with van der Waals surface area (Å²) < 4.78 is 20.5. The molecule has 0 unspecified atom stereocenters. The molecule has 0 bridgehead atoms. The van der Waals surface area contributed by atoms with Crippen molar-refractivity contribution in [2.24, 2.45) is 23.7 Å². The summed E-state index contributed by atoms with van der Waals surface area (Å²) in [7, 11) is 2.96. The summed E-state index contributed by atoms with van der Waals surface area (Å²) in [6.45, 7) is 0. The fraction of sp³-hybridized carbons (Fsp3) is 0.294. The summed E-state index contributed by atoms with van der Waals surface area (Å²) in [5.74, 6) is -6.69. The number of amides is 4. The van der Waals surface area contributed by atoms with Gasteiger partial charge in [0, 0.05) is 18.0 Å². The number of carbonyl (C=O) groups excluding carboxylic acids is 4. The van der Waals surface area contributed by atoms with E-state index in [1.165, 1.54) is 32.4 Å². The van der Waals surface area contributed by atoms with E-state index in [9.17, 15) is 19.5 Å². The van der Waals surface area contributed by atoms with Crippen LogP contribution in [0.5, 0.6) is 11.5 Å². The molecule has 3 fully saturated rings. The number of hydrogen-bond acceptors (Lipinski definition) is 7. The first kappa shape index (κ1) is 30.3. The number of ether oxygens (including phenoxy) is 1.